The van der Waals surface area contributed by atoms with Gasteiger partial charge in [0.05, 0.1) is 6.42 Å². The molecule has 40 heavy (non-hydrogen) atoms. The number of hydrogen-bond donors (Lipinski definition) is 0. The number of carbonyl (C=O) groups excluding carboxylic acids is 2. The molecule has 0 saturated carbocycles. The lowest BCUT2D eigenvalue weighted by atomic mass is 10.0. The van der Waals surface area contributed by atoms with Crippen molar-refractivity contribution in [1.29, 1.82) is 0 Å². The van der Waals surface area contributed by atoms with Crippen LogP contribution in [0.1, 0.15) is 21.5 Å². The first-order valence-electron chi connectivity index (χ1n) is 13.8. The summed E-state index contributed by atoms with van der Waals surface area (Å²) in [4.78, 5) is 32.5. The molecular formula is C34H34FN3O2. The normalized spacial score (nSPS) is 13.7. The summed E-state index contributed by atoms with van der Waals surface area (Å²) in [6.07, 6.45) is 0.327. The third-order valence-electron chi connectivity index (χ3n) is 7.42. The van der Waals surface area contributed by atoms with Crippen LogP contribution >= 0.6 is 0 Å². The molecule has 0 atom stereocenters. The maximum atomic E-state index is 13.4. The minimum absolute atomic E-state index is 0.0447. The molecule has 1 saturated heterocycles. The van der Waals surface area contributed by atoms with Crippen LogP contribution in [0.5, 0.6) is 0 Å². The van der Waals surface area contributed by atoms with Crippen LogP contribution in [0, 0.1) is 5.82 Å². The molecule has 0 aromatic heterocycles. The second kappa shape index (κ2) is 13.2. The number of piperazine rings is 1. The maximum Gasteiger partial charge on any atom is 0.253 e. The first kappa shape index (κ1) is 27.3. The average molecular weight is 536 g/mol. The molecule has 0 N–H and O–H groups in total. The Kier molecular flexibility index (Phi) is 8.99. The van der Waals surface area contributed by atoms with Crippen molar-refractivity contribution in [2.45, 2.75) is 13.0 Å². The van der Waals surface area contributed by atoms with Gasteiger partial charge >= 0.3 is 0 Å². The number of benzene rings is 4. The SMILES string of the molecule is O=C(Cc1ccccc1)N(CCN1CCN(C(=O)c2ccc(-c3ccccc3)cc2)CC1)Cc1ccc(F)cc1. The molecule has 4 aromatic rings. The summed E-state index contributed by atoms with van der Waals surface area (Å²) in [5.74, 6) is -0.191. The fraction of sp³-hybridized carbons (Fsp3) is 0.235. The van der Waals surface area contributed by atoms with E-state index in [1.54, 1.807) is 12.1 Å². The van der Waals surface area contributed by atoms with Crippen molar-refractivity contribution >= 4 is 11.8 Å². The molecule has 204 valence electrons. The molecule has 1 heterocycles. The van der Waals surface area contributed by atoms with Gasteiger partial charge in [-0.15, -0.1) is 0 Å². The van der Waals surface area contributed by atoms with Crippen molar-refractivity contribution in [3.63, 3.8) is 0 Å². The lowest BCUT2D eigenvalue weighted by Crippen LogP contribution is -2.50. The Morgan fingerprint density at radius 3 is 1.93 bits per heavy atom. The van der Waals surface area contributed by atoms with Crippen molar-refractivity contribution < 1.29 is 14.0 Å². The molecule has 0 aliphatic carbocycles. The summed E-state index contributed by atoms with van der Waals surface area (Å²) < 4.78 is 13.4. The predicted octanol–water partition coefficient (Wildman–Crippen LogP) is 5.52. The Morgan fingerprint density at radius 1 is 0.675 bits per heavy atom. The average Bonchev–Trinajstić information content (AvgIpc) is 3.01. The standard InChI is InChI=1S/C34H34FN3O2/c35-32-17-11-28(12-18-32)26-38(33(39)25-27-7-3-1-4-8-27)24-21-36-19-22-37(23-20-36)34(40)31-15-13-30(14-16-31)29-9-5-2-6-10-29/h1-18H,19-26H2. The van der Waals surface area contributed by atoms with Gasteiger partial charge in [-0.25, -0.2) is 4.39 Å². The molecule has 0 radical (unpaired) electrons. The van der Waals surface area contributed by atoms with Gasteiger partial charge in [0.15, 0.2) is 0 Å². The second-order valence-electron chi connectivity index (χ2n) is 10.2. The molecule has 6 heteroatoms. The minimum atomic E-state index is -0.287. The van der Waals surface area contributed by atoms with E-state index in [1.807, 2.05) is 82.6 Å². The Morgan fingerprint density at radius 2 is 1.27 bits per heavy atom. The fourth-order valence-electron chi connectivity index (χ4n) is 5.04. The third-order valence-corrected chi connectivity index (χ3v) is 7.42. The molecule has 0 bridgehead atoms. The smallest absolute Gasteiger partial charge is 0.253 e. The molecule has 4 aromatic carbocycles. The van der Waals surface area contributed by atoms with Gasteiger partial charge < -0.3 is 9.80 Å². The molecule has 1 aliphatic heterocycles. The van der Waals surface area contributed by atoms with Crippen molar-refractivity contribution in [1.82, 2.24) is 14.7 Å². The van der Waals surface area contributed by atoms with E-state index in [4.69, 9.17) is 0 Å². The highest BCUT2D eigenvalue weighted by atomic mass is 19.1. The van der Waals surface area contributed by atoms with Crippen LogP contribution in [0.15, 0.2) is 109 Å². The summed E-state index contributed by atoms with van der Waals surface area (Å²) in [7, 11) is 0. The van der Waals surface area contributed by atoms with Crippen molar-refractivity contribution in [2.24, 2.45) is 0 Å². The topological polar surface area (TPSA) is 43.9 Å². The van der Waals surface area contributed by atoms with E-state index in [2.05, 4.69) is 17.0 Å². The summed E-state index contributed by atoms with van der Waals surface area (Å²) in [5.41, 5.74) is 4.79. The van der Waals surface area contributed by atoms with Gasteiger partial charge in [0.25, 0.3) is 5.91 Å². The second-order valence-corrected chi connectivity index (χ2v) is 10.2. The predicted molar refractivity (Wildman–Crippen MR) is 156 cm³/mol. The van der Waals surface area contributed by atoms with E-state index >= 15 is 0 Å². The third kappa shape index (κ3) is 7.21. The molecule has 5 rings (SSSR count). The van der Waals surface area contributed by atoms with E-state index in [1.165, 1.54) is 12.1 Å². The van der Waals surface area contributed by atoms with Gasteiger partial charge in [0.2, 0.25) is 5.91 Å². The first-order chi connectivity index (χ1) is 19.5. The maximum absolute atomic E-state index is 13.4. The monoisotopic (exact) mass is 535 g/mol. The highest BCUT2D eigenvalue weighted by Crippen LogP contribution is 2.20. The van der Waals surface area contributed by atoms with Gasteiger partial charge in [-0.2, -0.15) is 0 Å². The molecular weight excluding hydrogens is 501 g/mol. The highest BCUT2D eigenvalue weighted by Gasteiger charge is 2.23. The number of nitrogens with zero attached hydrogens (tertiary/aromatic N) is 3. The van der Waals surface area contributed by atoms with Gasteiger partial charge in [-0.3, -0.25) is 14.5 Å². The Bertz CT molecular complexity index is 1390. The molecule has 2 amide bonds. The fourth-order valence-corrected chi connectivity index (χ4v) is 5.04. The van der Waals surface area contributed by atoms with E-state index in [0.29, 0.717) is 38.2 Å². The van der Waals surface area contributed by atoms with Gasteiger partial charge in [-0.1, -0.05) is 84.9 Å². The lowest BCUT2D eigenvalue weighted by Gasteiger charge is -2.36. The van der Waals surface area contributed by atoms with Gasteiger partial charge in [0.1, 0.15) is 5.82 Å². The molecule has 5 nitrogen and oxygen atoms in total. The zero-order chi connectivity index (χ0) is 27.7. The van der Waals surface area contributed by atoms with Crippen LogP contribution in [-0.4, -0.2) is 65.8 Å². The molecule has 1 aliphatic rings. The summed E-state index contributed by atoms with van der Waals surface area (Å²) in [6.45, 7) is 4.53. The Labute approximate surface area is 235 Å². The van der Waals surface area contributed by atoms with Crippen molar-refractivity contribution in [3.8, 4) is 11.1 Å². The van der Waals surface area contributed by atoms with Crippen molar-refractivity contribution in [2.75, 3.05) is 39.3 Å². The summed E-state index contributed by atoms with van der Waals surface area (Å²) in [6, 6.07) is 34.0. The Hall–Kier alpha value is -4.29. The van der Waals surface area contributed by atoms with Crippen LogP contribution in [0.25, 0.3) is 11.1 Å². The van der Waals surface area contributed by atoms with Crippen molar-refractivity contribution in [3.05, 3.63) is 132 Å². The number of carbonyl (C=O) groups is 2. The van der Waals surface area contributed by atoms with Gasteiger partial charge in [0, 0.05) is 51.4 Å². The van der Waals surface area contributed by atoms with Crippen LogP contribution in [0.3, 0.4) is 0 Å². The van der Waals surface area contributed by atoms with E-state index < -0.39 is 0 Å². The quantitative estimate of drug-likeness (QED) is 0.283. The minimum Gasteiger partial charge on any atom is -0.337 e. The van der Waals surface area contributed by atoms with Crippen LogP contribution < -0.4 is 0 Å². The molecule has 0 spiro atoms. The Balaban J connectivity index is 1.15. The van der Waals surface area contributed by atoms with Gasteiger partial charge in [-0.05, 0) is 46.5 Å². The van der Waals surface area contributed by atoms with E-state index in [9.17, 15) is 14.0 Å². The molecule has 0 unspecified atom stereocenters. The van der Waals surface area contributed by atoms with E-state index in [-0.39, 0.29) is 17.6 Å². The molecule has 1 fully saturated rings. The van der Waals surface area contributed by atoms with Crippen LogP contribution in [0.4, 0.5) is 4.39 Å². The summed E-state index contributed by atoms with van der Waals surface area (Å²) in [5, 5.41) is 0. The number of hydrogen-bond acceptors (Lipinski definition) is 3. The van der Waals surface area contributed by atoms with Crippen LogP contribution in [0.2, 0.25) is 0 Å². The largest absolute Gasteiger partial charge is 0.337 e. The zero-order valence-electron chi connectivity index (χ0n) is 22.6. The summed E-state index contributed by atoms with van der Waals surface area (Å²) >= 11 is 0. The van der Waals surface area contributed by atoms with Crippen LogP contribution in [-0.2, 0) is 17.8 Å². The number of amides is 2. The highest BCUT2D eigenvalue weighted by molar-refractivity contribution is 5.94. The first-order valence-corrected chi connectivity index (χ1v) is 13.8. The zero-order valence-corrected chi connectivity index (χ0v) is 22.6. The number of halogens is 1. The van der Waals surface area contributed by atoms with E-state index in [0.717, 1.165) is 41.9 Å². The number of rotatable bonds is 9. The lowest BCUT2D eigenvalue weighted by molar-refractivity contribution is -0.131.